The number of hydrogen-bond acceptors (Lipinski definition) is 4. The Morgan fingerprint density at radius 1 is 1.12 bits per heavy atom. The highest BCUT2D eigenvalue weighted by atomic mass is 127. The zero-order valence-electron chi connectivity index (χ0n) is 19.7. The molecule has 2 aromatic carbocycles. The Morgan fingerprint density at radius 3 is 2.42 bits per heavy atom. The zero-order valence-corrected chi connectivity index (χ0v) is 22.0. The molecule has 0 unspecified atom stereocenters. The van der Waals surface area contributed by atoms with Gasteiger partial charge in [-0.3, -0.25) is 0 Å². The van der Waals surface area contributed by atoms with Crippen molar-refractivity contribution in [3.8, 4) is 5.75 Å². The molecule has 0 atom stereocenters. The van der Waals surface area contributed by atoms with Crippen LogP contribution in [0.25, 0.3) is 0 Å². The molecule has 0 spiro atoms. The van der Waals surface area contributed by atoms with E-state index in [4.69, 9.17) is 19.2 Å². The molecule has 0 aromatic heterocycles. The smallest absolute Gasteiger partial charge is 0.194 e. The third-order valence-corrected chi connectivity index (χ3v) is 5.42. The van der Waals surface area contributed by atoms with Crippen molar-refractivity contribution in [1.29, 1.82) is 0 Å². The van der Waals surface area contributed by atoms with Gasteiger partial charge >= 0.3 is 0 Å². The highest BCUT2D eigenvalue weighted by molar-refractivity contribution is 14.0. The molecule has 0 radical (unpaired) electrons. The number of ether oxygens (including phenoxy) is 3. The molecule has 0 aliphatic carbocycles. The van der Waals surface area contributed by atoms with Gasteiger partial charge in [0.15, 0.2) is 17.5 Å². The summed E-state index contributed by atoms with van der Waals surface area (Å²) in [6, 6.07) is 13.4. The summed E-state index contributed by atoms with van der Waals surface area (Å²) < 4.78 is 30.4. The lowest BCUT2D eigenvalue weighted by Crippen LogP contribution is -2.38. The highest BCUT2D eigenvalue weighted by Gasteiger charge is 2.14. The molecule has 1 fully saturated rings. The van der Waals surface area contributed by atoms with Crippen LogP contribution in [-0.4, -0.2) is 50.9 Å². The molecule has 182 valence electrons. The van der Waals surface area contributed by atoms with Crippen LogP contribution in [0.15, 0.2) is 47.5 Å². The van der Waals surface area contributed by atoms with E-state index < -0.39 is 0 Å². The second kappa shape index (κ2) is 14.4. The number of aliphatic imine (C=N–C) groups is 1. The zero-order chi connectivity index (χ0) is 22.8. The first-order valence-corrected chi connectivity index (χ1v) is 11.2. The normalized spacial score (nSPS) is 14.5. The summed E-state index contributed by atoms with van der Waals surface area (Å²) in [5.74, 6) is 0.662. The maximum atomic E-state index is 14.0. The van der Waals surface area contributed by atoms with Gasteiger partial charge in [-0.1, -0.05) is 30.3 Å². The fraction of sp³-hybridized carbons (Fsp3) is 0.480. The van der Waals surface area contributed by atoms with E-state index in [0.29, 0.717) is 25.8 Å². The van der Waals surface area contributed by atoms with Gasteiger partial charge in [-0.05, 0) is 48.6 Å². The first kappa shape index (κ1) is 27.3. The average Bonchev–Trinajstić information content (AvgIpc) is 2.82. The first-order valence-electron chi connectivity index (χ1n) is 11.2. The van der Waals surface area contributed by atoms with E-state index in [9.17, 15) is 4.39 Å². The summed E-state index contributed by atoms with van der Waals surface area (Å²) in [5.41, 5.74) is 3.14. The summed E-state index contributed by atoms with van der Waals surface area (Å²) in [7, 11) is 3.41. The average molecular weight is 571 g/mol. The van der Waals surface area contributed by atoms with Crippen LogP contribution in [0.3, 0.4) is 0 Å². The predicted octanol–water partition coefficient (Wildman–Crippen LogP) is 4.75. The Labute approximate surface area is 213 Å². The minimum Gasteiger partial charge on any atom is -0.494 e. The number of nitrogens with zero attached hydrogens (tertiary/aromatic N) is 2. The van der Waals surface area contributed by atoms with Crippen LogP contribution in [0, 0.1) is 5.82 Å². The molecule has 33 heavy (non-hydrogen) atoms. The molecular weight excluding hydrogens is 536 g/mol. The first-order chi connectivity index (χ1) is 15.6. The molecule has 8 heteroatoms. The maximum Gasteiger partial charge on any atom is 0.194 e. The van der Waals surface area contributed by atoms with Crippen LogP contribution >= 0.6 is 24.0 Å². The number of nitrogens with one attached hydrogen (secondary N) is 1. The molecule has 3 rings (SSSR count). The third kappa shape index (κ3) is 8.75. The number of methoxy groups -OCH3 is 1. The van der Waals surface area contributed by atoms with Gasteiger partial charge in [0.1, 0.15) is 0 Å². The molecule has 0 saturated carbocycles. The van der Waals surface area contributed by atoms with Gasteiger partial charge in [-0.25, -0.2) is 9.38 Å². The molecule has 2 aromatic rings. The molecule has 0 amide bonds. The van der Waals surface area contributed by atoms with Gasteiger partial charge in [0.2, 0.25) is 0 Å². The fourth-order valence-corrected chi connectivity index (χ4v) is 3.59. The molecule has 1 heterocycles. The van der Waals surface area contributed by atoms with Crippen molar-refractivity contribution in [2.75, 3.05) is 33.9 Å². The molecule has 1 aliphatic heterocycles. The minimum atomic E-state index is -0.360. The molecule has 1 aliphatic rings. The van der Waals surface area contributed by atoms with Crippen molar-refractivity contribution in [3.63, 3.8) is 0 Å². The number of rotatable bonds is 9. The largest absolute Gasteiger partial charge is 0.494 e. The number of hydrogen-bond donors (Lipinski definition) is 1. The Hall–Kier alpha value is -1.91. The van der Waals surface area contributed by atoms with Gasteiger partial charge in [-0.2, -0.15) is 0 Å². The molecular formula is C25H35FIN3O3. The second-order valence-corrected chi connectivity index (χ2v) is 7.93. The summed E-state index contributed by atoms with van der Waals surface area (Å²) in [6.07, 6.45) is 2.23. The Kier molecular flexibility index (Phi) is 11.9. The minimum absolute atomic E-state index is 0. The Balaban J connectivity index is 0.00000385. The van der Waals surface area contributed by atoms with Gasteiger partial charge in [0.05, 0.1) is 26.4 Å². The van der Waals surface area contributed by atoms with Crippen molar-refractivity contribution in [1.82, 2.24) is 10.2 Å². The lowest BCUT2D eigenvalue weighted by molar-refractivity contribution is -0.0390. The van der Waals surface area contributed by atoms with Crippen LogP contribution in [0.5, 0.6) is 5.75 Å². The van der Waals surface area contributed by atoms with Crippen LogP contribution in [-0.2, 0) is 29.2 Å². The van der Waals surface area contributed by atoms with Gasteiger partial charge in [0, 0.05) is 33.4 Å². The number of halogens is 2. The van der Waals surface area contributed by atoms with Crippen molar-refractivity contribution >= 4 is 29.9 Å². The Morgan fingerprint density at radius 2 is 1.79 bits per heavy atom. The van der Waals surface area contributed by atoms with Gasteiger partial charge < -0.3 is 24.4 Å². The standard InChI is InChI=1S/C25H34FN3O3.HI/c1-4-27-25(29(2)17-21-9-10-24(30-3)23(26)15-21)28-16-19-5-7-20(8-6-19)18-32-22-11-13-31-14-12-22;/h5-10,15,22H,4,11-14,16-18H2,1-3H3,(H,27,28);1H. The van der Waals surface area contributed by atoms with Crippen LogP contribution in [0.1, 0.15) is 36.5 Å². The number of benzene rings is 2. The van der Waals surface area contributed by atoms with E-state index >= 15 is 0 Å². The van der Waals surface area contributed by atoms with E-state index in [1.54, 1.807) is 6.07 Å². The molecule has 6 nitrogen and oxygen atoms in total. The SMILES string of the molecule is CCNC(=NCc1ccc(COC2CCOCC2)cc1)N(C)Cc1ccc(OC)c(F)c1.I. The quantitative estimate of drug-likeness (QED) is 0.268. The summed E-state index contributed by atoms with van der Waals surface area (Å²) in [5, 5.41) is 3.31. The molecule has 1 saturated heterocycles. The second-order valence-electron chi connectivity index (χ2n) is 7.93. The highest BCUT2D eigenvalue weighted by Crippen LogP contribution is 2.19. The summed E-state index contributed by atoms with van der Waals surface area (Å²) in [4.78, 5) is 6.74. The Bertz CT molecular complexity index is 874. The van der Waals surface area contributed by atoms with E-state index in [2.05, 4.69) is 29.6 Å². The maximum absolute atomic E-state index is 14.0. The van der Waals surface area contributed by atoms with Crippen LogP contribution in [0.2, 0.25) is 0 Å². The summed E-state index contributed by atoms with van der Waals surface area (Å²) >= 11 is 0. The molecule has 1 N–H and O–H groups in total. The van der Waals surface area contributed by atoms with Crippen LogP contribution in [0.4, 0.5) is 4.39 Å². The lowest BCUT2D eigenvalue weighted by atomic mass is 10.1. The predicted molar refractivity (Wildman–Crippen MR) is 140 cm³/mol. The van der Waals surface area contributed by atoms with Crippen molar-refractivity contribution in [3.05, 3.63) is 65.0 Å². The molecule has 0 bridgehead atoms. The summed E-state index contributed by atoms with van der Waals surface area (Å²) in [6.45, 7) is 6.08. The van der Waals surface area contributed by atoms with Crippen molar-refractivity contribution in [2.24, 2.45) is 4.99 Å². The fourth-order valence-electron chi connectivity index (χ4n) is 3.59. The van der Waals surface area contributed by atoms with Gasteiger partial charge in [0.25, 0.3) is 0 Å². The lowest BCUT2D eigenvalue weighted by Gasteiger charge is -2.22. The van der Waals surface area contributed by atoms with Gasteiger partial charge in [-0.15, -0.1) is 24.0 Å². The van der Waals surface area contributed by atoms with E-state index in [0.717, 1.165) is 55.3 Å². The monoisotopic (exact) mass is 571 g/mol. The van der Waals surface area contributed by atoms with E-state index in [1.165, 1.54) is 13.2 Å². The number of guanidine groups is 1. The van der Waals surface area contributed by atoms with Crippen molar-refractivity contribution in [2.45, 2.75) is 45.6 Å². The third-order valence-electron chi connectivity index (χ3n) is 5.42. The van der Waals surface area contributed by atoms with Crippen LogP contribution < -0.4 is 10.1 Å². The topological polar surface area (TPSA) is 55.3 Å². The van der Waals surface area contributed by atoms with E-state index in [-0.39, 0.29) is 35.5 Å². The van der Waals surface area contributed by atoms with E-state index in [1.807, 2.05) is 24.9 Å². The van der Waals surface area contributed by atoms with Crippen molar-refractivity contribution < 1.29 is 18.6 Å².